The van der Waals surface area contributed by atoms with Crippen molar-refractivity contribution in [1.29, 1.82) is 0 Å². The molecule has 7 heteroatoms. The van der Waals surface area contributed by atoms with E-state index < -0.39 is 0 Å². The van der Waals surface area contributed by atoms with E-state index in [-0.39, 0.29) is 11.5 Å². The first-order chi connectivity index (χ1) is 13.1. The number of fused-ring (bicyclic) bond motifs is 1. The van der Waals surface area contributed by atoms with E-state index in [9.17, 15) is 9.59 Å². The minimum atomic E-state index is -0.350. The maximum absolute atomic E-state index is 11.9. The smallest absolute Gasteiger partial charge is 0.336 e. The Morgan fingerprint density at radius 1 is 1.19 bits per heavy atom. The van der Waals surface area contributed by atoms with E-state index in [2.05, 4.69) is 15.1 Å². The van der Waals surface area contributed by atoms with Gasteiger partial charge in [0, 0.05) is 56.8 Å². The number of carbonyl (C=O) groups is 1. The van der Waals surface area contributed by atoms with Crippen LogP contribution in [0.3, 0.4) is 0 Å². The van der Waals surface area contributed by atoms with E-state index in [4.69, 9.17) is 9.15 Å². The predicted octanol–water partition coefficient (Wildman–Crippen LogP) is 1.45. The molecule has 0 radical (unpaired) electrons. The second-order valence-corrected chi connectivity index (χ2v) is 6.86. The molecule has 7 nitrogen and oxygen atoms in total. The van der Waals surface area contributed by atoms with Gasteiger partial charge in [0.2, 0.25) is 5.91 Å². The van der Waals surface area contributed by atoms with Gasteiger partial charge in [0.1, 0.15) is 11.3 Å². The van der Waals surface area contributed by atoms with Gasteiger partial charge in [0.25, 0.3) is 0 Å². The molecule has 1 aliphatic heterocycles. The second kappa shape index (κ2) is 9.01. The number of carbonyl (C=O) groups excluding carboxylic acids is 1. The highest BCUT2D eigenvalue weighted by Crippen LogP contribution is 2.23. The van der Waals surface area contributed by atoms with Crippen LogP contribution in [0.25, 0.3) is 11.0 Å². The fourth-order valence-electron chi connectivity index (χ4n) is 3.34. The molecule has 2 heterocycles. The number of nitrogens with zero attached hydrogens (tertiary/aromatic N) is 2. The van der Waals surface area contributed by atoms with Gasteiger partial charge in [-0.15, -0.1) is 0 Å². The summed E-state index contributed by atoms with van der Waals surface area (Å²) in [5, 5.41) is 3.84. The largest absolute Gasteiger partial charge is 0.497 e. The van der Waals surface area contributed by atoms with Crippen molar-refractivity contribution in [3.8, 4) is 5.75 Å². The lowest BCUT2D eigenvalue weighted by Crippen LogP contribution is -2.49. The van der Waals surface area contributed by atoms with Crippen LogP contribution in [0.5, 0.6) is 5.75 Å². The lowest BCUT2D eigenvalue weighted by Gasteiger charge is -2.34. The molecule has 0 unspecified atom stereocenters. The van der Waals surface area contributed by atoms with Gasteiger partial charge in [-0.3, -0.25) is 14.6 Å². The third kappa shape index (κ3) is 5.08. The molecular formula is C20H27N3O4. The average Bonchev–Trinajstić information content (AvgIpc) is 2.67. The zero-order valence-electron chi connectivity index (χ0n) is 16.0. The van der Waals surface area contributed by atoms with Crippen LogP contribution in [0.15, 0.2) is 33.5 Å². The fraction of sp³-hybridized carbons (Fsp3) is 0.500. The summed E-state index contributed by atoms with van der Waals surface area (Å²) >= 11 is 0. The molecule has 3 rings (SSSR count). The molecule has 1 aromatic heterocycles. The number of hydrogen-bond acceptors (Lipinski definition) is 6. The summed E-state index contributed by atoms with van der Waals surface area (Å²) in [6.07, 6.45) is 0.949. The van der Waals surface area contributed by atoms with Gasteiger partial charge in [0.05, 0.1) is 13.7 Å². The molecule has 1 fully saturated rings. The van der Waals surface area contributed by atoms with Crippen molar-refractivity contribution < 1.29 is 13.9 Å². The normalized spacial score (nSPS) is 15.8. The molecule has 1 amide bonds. The molecule has 0 saturated carbocycles. The topological polar surface area (TPSA) is 75.0 Å². The summed E-state index contributed by atoms with van der Waals surface area (Å²) in [5.41, 5.74) is 1.15. The summed E-state index contributed by atoms with van der Waals surface area (Å²) in [6.45, 7) is 7.31. The zero-order chi connectivity index (χ0) is 19.2. The molecular weight excluding hydrogens is 346 g/mol. The van der Waals surface area contributed by atoms with Crippen LogP contribution in [-0.4, -0.2) is 62.1 Å². The molecule has 0 spiro atoms. The third-order valence-electron chi connectivity index (χ3n) is 4.84. The number of rotatable bonds is 7. The van der Waals surface area contributed by atoms with Crippen LogP contribution < -0.4 is 15.7 Å². The van der Waals surface area contributed by atoms with Crippen molar-refractivity contribution in [2.45, 2.75) is 19.9 Å². The Kier molecular flexibility index (Phi) is 6.47. The van der Waals surface area contributed by atoms with Crippen molar-refractivity contribution in [3.05, 3.63) is 40.2 Å². The number of amides is 1. The van der Waals surface area contributed by atoms with Gasteiger partial charge in [-0.05, 0) is 24.1 Å². The van der Waals surface area contributed by atoms with E-state index >= 15 is 0 Å². The summed E-state index contributed by atoms with van der Waals surface area (Å²) in [7, 11) is 1.59. The number of ether oxygens (including phenoxy) is 1. The van der Waals surface area contributed by atoms with E-state index in [0.29, 0.717) is 24.4 Å². The highest BCUT2D eigenvalue weighted by atomic mass is 16.5. The maximum atomic E-state index is 11.9. The third-order valence-corrected chi connectivity index (χ3v) is 4.84. The minimum absolute atomic E-state index is 0.0888. The van der Waals surface area contributed by atoms with Crippen molar-refractivity contribution in [1.82, 2.24) is 15.1 Å². The van der Waals surface area contributed by atoms with Crippen molar-refractivity contribution in [2.75, 3.05) is 46.4 Å². The molecule has 0 bridgehead atoms. The van der Waals surface area contributed by atoms with Gasteiger partial charge in [-0.2, -0.15) is 0 Å². The molecule has 27 heavy (non-hydrogen) atoms. The van der Waals surface area contributed by atoms with Gasteiger partial charge < -0.3 is 14.5 Å². The standard InChI is InChI=1S/C20H27N3O4/c1-3-6-21-19(24)14-23-9-7-22(8-10-23)13-15-11-20(25)27-18-12-16(26-2)4-5-17(15)18/h4-5,11-12H,3,6-10,13-14H2,1-2H3,(H,21,24). The SMILES string of the molecule is CCCNC(=O)CN1CCN(Cc2cc(=O)oc3cc(OC)ccc23)CC1. The first-order valence-corrected chi connectivity index (χ1v) is 9.41. The zero-order valence-corrected chi connectivity index (χ0v) is 16.0. The van der Waals surface area contributed by atoms with Gasteiger partial charge in [-0.1, -0.05) is 6.92 Å². The Bertz CT molecular complexity index is 841. The van der Waals surface area contributed by atoms with Gasteiger partial charge in [0.15, 0.2) is 0 Å². The fourth-order valence-corrected chi connectivity index (χ4v) is 3.34. The van der Waals surface area contributed by atoms with Crippen molar-refractivity contribution in [2.24, 2.45) is 0 Å². The number of hydrogen-bond donors (Lipinski definition) is 1. The maximum Gasteiger partial charge on any atom is 0.336 e. The Labute approximate surface area is 158 Å². The van der Waals surface area contributed by atoms with Gasteiger partial charge in [-0.25, -0.2) is 4.79 Å². The number of methoxy groups -OCH3 is 1. The summed E-state index contributed by atoms with van der Waals surface area (Å²) in [4.78, 5) is 28.3. The molecule has 1 aliphatic rings. The molecule has 2 aromatic rings. The van der Waals surface area contributed by atoms with Crippen molar-refractivity contribution >= 4 is 16.9 Å². The summed E-state index contributed by atoms with van der Waals surface area (Å²) in [6, 6.07) is 7.12. The molecule has 0 atom stereocenters. The van der Waals surface area contributed by atoms with E-state index in [1.165, 1.54) is 0 Å². The number of piperazine rings is 1. The Balaban J connectivity index is 1.62. The quantitative estimate of drug-likeness (QED) is 0.741. The minimum Gasteiger partial charge on any atom is -0.497 e. The van der Waals surface area contributed by atoms with Crippen LogP contribution in [0, 0.1) is 0 Å². The number of benzene rings is 1. The van der Waals surface area contributed by atoms with Gasteiger partial charge >= 0.3 is 5.63 Å². The monoisotopic (exact) mass is 373 g/mol. The molecule has 1 saturated heterocycles. The number of nitrogens with one attached hydrogen (secondary N) is 1. The van der Waals surface area contributed by atoms with E-state index in [1.54, 1.807) is 19.2 Å². The van der Waals surface area contributed by atoms with Crippen LogP contribution in [0.2, 0.25) is 0 Å². The van der Waals surface area contributed by atoms with E-state index in [1.807, 2.05) is 19.1 Å². The Morgan fingerprint density at radius 3 is 2.63 bits per heavy atom. The average molecular weight is 373 g/mol. The lowest BCUT2D eigenvalue weighted by atomic mass is 10.1. The first kappa shape index (κ1) is 19.4. The van der Waals surface area contributed by atoms with Crippen LogP contribution in [-0.2, 0) is 11.3 Å². The highest BCUT2D eigenvalue weighted by Gasteiger charge is 2.20. The van der Waals surface area contributed by atoms with Crippen LogP contribution in [0.1, 0.15) is 18.9 Å². The lowest BCUT2D eigenvalue weighted by molar-refractivity contribution is -0.122. The highest BCUT2D eigenvalue weighted by molar-refractivity contribution is 5.81. The second-order valence-electron chi connectivity index (χ2n) is 6.86. The molecule has 0 aliphatic carbocycles. The molecule has 1 aromatic carbocycles. The van der Waals surface area contributed by atoms with Crippen LogP contribution in [0.4, 0.5) is 0 Å². The first-order valence-electron chi connectivity index (χ1n) is 9.41. The molecule has 146 valence electrons. The van der Waals surface area contributed by atoms with E-state index in [0.717, 1.165) is 50.1 Å². The van der Waals surface area contributed by atoms with Crippen LogP contribution >= 0.6 is 0 Å². The Morgan fingerprint density at radius 2 is 1.93 bits per heavy atom. The predicted molar refractivity (Wildman–Crippen MR) is 104 cm³/mol. The summed E-state index contributed by atoms with van der Waals surface area (Å²) < 4.78 is 10.5. The summed E-state index contributed by atoms with van der Waals surface area (Å²) in [5.74, 6) is 0.753. The Hall–Kier alpha value is -2.38. The molecule has 1 N–H and O–H groups in total. The van der Waals surface area contributed by atoms with Crippen molar-refractivity contribution in [3.63, 3.8) is 0 Å².